The van der Waals surface area contributed by atoms with E-state index >= 15 is 0 Å². The summed E-state index contributed by atoms with van der Waals surface area (Å²) in [7, 11) is 1.49. The number of amides is 1. The number of methoxy groups -OCH3 is 1. The van der Waals surface area contributed by atoms with Crippen LogP contribution in [0, 0.1) is 0 Å². The van der Waals surface area contributed by atoms with Gasteiger partial charge in [-0.3, -0.25) is 9.59 Å². The van der Waals surface area contributed by atoms with Crippen LogP contribution in [0.4, 0.5) is 0 Å². The number of hydrogen-bond donors (Lipinski definition) is 1. The van der Waals surface area contributed by atoms with Crippen molar-refractivity contribution in [1.82, 2.24) is 5.43 Å². The first-order valence-electron chi connectivity index (χ1n) is 6.83. The van der Waals surface area contributed by atoms with E-state index in [0.717, 1.165) is 11.1 Å². The highest BCUT2D eigenvalue weighted by atomic mass is 16.5. The molecular weight excluding hydrogens is 280 g/mol. The number of benzene rings is 2. The molecule has 0 saturated carbocycles. The fourth-order valence-electron chi connectivity index (χ4n) is 2.43. The molecule has 0 radical (unpaired) electrons. The van der Waals surface area contributed by atoms with Crippen molar-refractivity contribution in [2.45, 2.75) is 6.42 Å². The van der Waals surface area contributed by atoms with Gasteiger partial charge in [-0.05, 0) is 17.7 Å². The number of Topliss-reactive ketones (excluding diaryl/α,β-unsaturated/α-hetero) is 1. The molecule has 0 fully saturated rings. The molecule has 3 rings (SSSR count). The number of ether oxygens (including phenoxy) is 1. The lowest BCUT2D eigenvalue weighted by atomic mass is 10.1. The molecular formula is C17H14N2O3. The average Bonchev–Trinajstić information content (AvgIpc) is 2.87. The predicted molar refractivity (Wildman–Crippen MR) is 82.2 cm³/mol. The number of fused-ring (bicyclic) bond motifs is 1. The van der Waals surface area contributed by atoms with Gasteiger partial charge in [-0.1, -0.05) is 36.4 Å². The summed E-state index contributed by atoms with van der Waals surface area (Å²) in [6, 6.07) is 14.3. The second-order valence-corrected chi connectivity index (χ2v) is 4.86. The Kier molecular flexibility index (Phi) is 3.70. The van der Waals surface area contributed by atoms with Gasteiger partial charge >= 0.3 is 0 Å². The Balaban J connectivity index is 1.85. The van der Waals surface area contributed by atoms with E-state index in [0.29, 0.717) is 23.4 Å². The van der Waals surface area contributed by atoms with Gasteiger partial charge in [-0.15, -0.1) is 0 Å². The van der Waals surface area contributed by atoms with E-state index in [2.05, 4.69) is 10.5 Å². The minimum atomic E-state index is -0.415. The highest BCUT2D eigenvalue weighted by Gasteiger charge is 2.26. The van der Waals surface area contributed by atoms with Crippen LogP contribution in [-0.4, -0.2) is 24.5 Å². The van der Waals surface area contributed by atoms with E-state index in [1.807, 2.05) is 24.3 Å². The van der Waals surface area contributed by atoms with Crippen molar-refractivity contribution < 1.29 is 14.3 Å². The molecule has 0 spiro atoms. The molecule has 0 aliphatic heterocycles. The largest absolute Gasteiger partial charge is 0.496 e. The fourth-order valence-corrected chi connectivity index (χ4v) is 2.43. The highest BCUT2D eigenvalue weighted by Crippen LogP contribution is 2.20. The van der Waals surface area contributed by atoms with Crippen LogP contribution in [0.1, 0.15) is 21.5 Å². The molecule has 0 atom stereocenters. The van der Waals surface area contributed by atoms with Gasteiger partial charge in [0, 0.05) is 12.0 Å². The third-order valence-corrected chi connectivity index (χ3v) is 3.51. The molecule has 0 saturated heterocycles. The molecule has 2 aromatic rings. The smallest absolute Gasteiger partial charge is 0.275 e. The Labute approximate surface area is 127 Å². The van der Waals surface area contributed by atoms with Gasteiger partial charge in [0.05, 0.1) is 12.7 Å². The summed E-state index contributed by atoms with van der Waals surface area (Å²) in [6.45, 7) is 0. The lowest BCUT2D eigenvalue weighted by Crippen LogP contribution is -2.22. The summed E-state index contributed by atoms with van der Waals surface area (Å²) in [5, 5.41) is 4.01. The molecule has 110 valence electrons. The zero-order valence-electron chi connectivity index (χ0n) is 12.0. The van der Waals surface area contributed by atoms with Crippen molar-refractivity contribution in [3.63, 3.8) is 0 Å². The molecule has 1 aliphatic carbocycles. The summed E-state index contributed by atoms with van der Waals surface area (Å²) in [6.07, 6.45) is 0.319. The third kappa shape index (κ3) is 2.48. The quantitative estimate of drug-likeness (QED) is 0.880. The second kappa shape index (κ2) is 5.81. The minimum Gasteiger partial charge on any atom is -0.496 e. The number of para-hydroxylation sites is 1. The Hall–Kier alpha value is -2.95. The maximum Gasteiger partial charge on any atom is 0.275 e. The number of nitrogens with zero attached hydrogens (tertiary/aromatic N) is 1. The monoisotopic (exact) mass is 294 g/mol. The van der Waals surface area contributed by atoms with Crippen LogP contribution >= 0.6 is 0 Å². The molecule has 0 bridgehead atoms. The summed E-state index contributed by atoms with van der Waals surface area (Å²) >= 11 is 0. The standard InChI is InChI=1S/C17H14N2O3/c1-22-15-9-5-4-8-13(15)17(21)19-18-16-12-7-3-2-6-11(12)10-14(16)20/h2-9H,10H2,1H3,(H,19,21)/b18-16+. The molecule has 0 heterocycles. The fraction of sp³-hybridized carbons (Fsp3) is 0.118. The first kappa shape index (κ1) is 14.0. The molecule has 22 heavy (non-hydrogen) atoms. The van der Waals surface area contributed by atoms with Crippen molar-refractivity contribution in [2.75, 3.05) is 7.11 Å². The topological polar surface area (TPSA) is 67.8 Å². The summed E-state index contributed by atoms with van der Waals surface area (Å²) < 4.78 is 5.14. The number of carbonyl (C=O) groups excluding carboxylic acids is 2. The number of ketones is 1. The molecule has 1 N–H and O–H groups in total. The van der Waals surface area contributed by atoms with E-state index in [1.54, 1.807) is 24.3 Å². The van der Waals surface area contributed by atoms with Crippen LogP contribution in [0.5, 0.6) is 5.75 Å². The highest BCUT2D eigenvalue weighted by molar-refractivity contribution is 6.49. The molecule has 5 heteroatoms. The zero-order valence-corrected chi connectivity index (χ0v) is 12.0. The summed E-state index contributed by atoms with van der Waals surface area (Å²) in [4.78, 5) is 24.2. The van der Waals surface area contributed by atoms with E-state index < -0.39 is 5.91 Å². The van der Waals surface area contributed by atoms with Crippen molar-refractivity contribution in [1.29, 1.82) is 0 Å². The van der Waals surface area contributed by atoms with Crippen molar-refractivity contribution in [2.24, 2.45) is 5.10 Å². The summed E-state index contributed by atoms with van der Waals surface area (Å²) in [5.74, 6) is -0.0537. The van der Waals surface area contributed by atoms with Gasteiger partial charge in [0.2, 0.25) is 0 Å². The van der Waals surface area contributed by atoms with E-state index in [1.165, 1.54) is 7.11 Å². The SMILES string of the molecule is COc1ccccc1C(=O)N/N=C1/C(=O)Cc2ccccc21. The number of carbonyl (C=O) groups is 2. The average molecular weight is 294 g/mol. The zero-order chi connectivity index (χ0) is 15.5. The Morgan fingerprint density at radius 1 is 1.14 bits per heavy atom. The van der Waals surface area contributed by atoms with E-state index in [9.17, 15) is 9.59 Å². The Bertz CT molecular complexity index is 781. The normalized spacial score (nSPS) is 14.8. The van der Waals surface area contributed by atoms with Crippen LogP contribution in [0.15, 0.2) is 53.6 Å². The first-order chi connectivity index (χ1) is 10.7. The molecule has 2 aromatic carbocycles. The number of rotatable bonds is 3. The number of hydrazone groups is 1. The molecule has 5 nitrogen and oxygen atoms in total. The van der Waals surface area contributed by atoms with Gasteiger partial charge in [-0.2, -0.15) is 5.10 Å². The van der Waals surface area contributed by atoms with E-state index in [4.69, 9.17) is 4.74 Å². The van der Waals surface area contributed by atoms with Crippen LogP contribution in [0.2, 0.25) is 0 Å². The van der Waals surface area contributed by atoms with E-state index in [-0.39, 0.29) is 5.78 Å². The molecule has 0 unspecified atom stereocenters. The van der Waals surface area contributed by atoms with Crippen LogP contribution < -0.4 is 10.2 Å². The number of nitrogens with one attached hydrogen (secondary N) is 1. The van der Waals surface area contributed by atoms with Gasteiger partial charge < -0.3 is 4.74 Å². The Morgan fingerprint density at radius 3 is 2.68 bits per heavy atom. The third-order valence-electron chi connectivity index (χ3n) is 3.51. The van der Waals surface area contributed by atoms with Crippen LogP contribution in [-0.2, 0) is 11.2 Å². The lowest BCUT2D eigenvalue weighted by molar-refractivity contribution is -0.112. The van der Waals surface area contributed by atoms with Gasteiger partial charge in [0.25, 0.3) is 5.91 Å². The van der Waals surface area contributed by atoms with Gasteiger partial charge in [-0.25, -0.2) is 5.43 Å². The van der Waals surface area contributed by atoms with Gasteiger partial charge in [0.1, 0.15) is 11.5 Å². The second-order valence-electron chi connectivity index (χ2n) is 4.86. The maximum atomic E-state index is 12.2. The molecule has 0 aromatic heterocycles. The first-order valence-corrected chi connectivity index (χ1v) is 6.83. The van der Waals surface area contributed by atoms with Crippen molar-refractivity contribution >= 4 is 17.4 Å². The summed E-state index contributed by atoms with van der Waals surface area (Å²) in [5.41, 5.74) is 4.79. The van der Waals surface area contributed by atoms with Gasteiger partial charge in [0.15, 0.2) is 5.78 Å². The number of hydrogen-bond acceptors (Lipinski definition) is 4. The molecule has 1 aliphatic rings. The maximum absolute atomic E-state index is 12.2. The van der Waals surface area contributed by atoms with Crippen molar-refractivity contribution in [3.05, 3.63) is 65.2 Å². The molecule has 1 amide bonds. The predicted octanol–water partition coefficient (Wildman–Crippen LogP) is 1.95. The Morgan fingerprint density at radius 2 is 1.86 bits per heavy atom. The minimum absolute atomic E-state index is 0.0958. The lowest BCUT2D eigenvalue weighted by Gasteiger charge is -2.06. The van der Waals surface area contributed by atoms with Crippen LogP contribution in [0.25, 0.3) is 0 Å². The van der Waals surface area contributed by atoms with Crippen LogP contribution in [0.3, 0.4) is 0 Å². The van der Waals surface area contributed by atoms with Crippen molar-refractivity contribution in [3.8, 4) is 5.75 Å².